The zero-order valence-electron chi connectivity index (χ0n) is 10.5. The fourth-order valence-corrected chi connectivity index (χ4v) is 2.63. The molecule has 17 heavy (non-hydrogen) atoms. The van der Waals surface area contributed by atoms with Crippen LogP contribution >= 0.6 is 0 Å². The first-order valence-electron chi connectivity index (χ1n) is 6.63. The Morgan fingerprint density at radius 1 is 1.35 bits per heavy atom. The van der Waals surface area contributed by atoms with Crippen molar-refractivity contribution in [3.8, 4) is 0 Å². The second kappa shape index (κ2) is 5.84. The van der Waals surface area contributed by atoms with Gasteiger partial charge in [0.25, 0.3) is 0 Å². The number of nitrogens with one attached hydrogen (secondary N) is 1. The van der Waals surface area contributed by atoms with Crippen LogP contribution in [0.25, 0.3) is 0 Å². The third-order valence-electron chi connectivity index (χ3n) is 3.55. The Morgan fingerprint density at radius 3 is 2.76 bits per heavy atom. The first-order chi connectivity index (χ1) is 8.28. The van der Waals surface area contributed by atoms with E-state index in [1.54, 1.807) is 12.3 Å². The lowest BCUT2D eigenvalue weighted by Crippen LogP contribution is -2.27. The molecule has 4 nitrogen and oxygen atoms in total. The molecule has 94 valence electrons. The fourth-order valence-electron chi connectivity index (χ4n) is 2.63. The van der Waals surface area contributed by atoms with E-state index in [4.69, 9.17) is 5.73 Å². The summed E-state index contributed by atoms with van der Waals surface area (Å²) in [4.78, 5) is 8.36. The molecule has 0 aromatic carbocycles. The Balaban J connectivity index is 1.82. The Hall–Kier alpha value is -1.32. The van der Waals surface area contributed by atoms with Gasteiger partial charge >= 0.3 is 0 Å². The van der Waals surface area contributed by atoms with Gasteiger partial charge in [-0.1, -0.05) is 19.8 Å². The summed E-state index contributed by atoms with van der Waals surface area (Å²) in [6, 6.07) is 2.23. The molecule has 0 atom stereocenters. The third kappa shape index (κ3) is 3.58. The van der Waals surface area contributed by atoms with Crippen LogP contribution in [0.2, 0.25) is 0 Å². The van der Waals surface area contributed by atoms with Gasteiger partial charge in [-0.2, -0.15) is 4.98 Å². The first-order valence-corrected chi connectivity index (χ1v) is 6.63. The van der Waals surface area contributed by atoms with Crippen molar-refractivity contribution in [2.45, 2.75) is 51.5 Å². The molecule has 0 amide bonds. The highest BCUT2D eigenvalue weighted by atomic mass is 15.1. The molecule has 1 aromatic rings. The van der Waals surface area contributed by atoms with Crippen LogP contribution in [0.3, 0.4) is 0 Å². The van der Waals surface area contributed by atoms with E-state index in [0.29, 0.717) is 17.8 Å². The zero-order valence-corrected chi connectivity index (χ0v) is 10.5. The van der Waals surface area contributed by atoms with Gasteiger partial charge in [0.2, 0.25) is 5.95 Å². The van der Waals surface area contributed by atoms with E-state index >= 15 is 0 Å². The standard InChI is InChI=1S/C13H22N4/c1-2-3-10-4-6-11(7-5-10)16-13-15-9-8-12(14)17-13/h8-11H,2-7H2,1H3,(H3,14,15,16,17). The van der Waals surface area contributed by atoms with E-state index < -0.39 is 0 Å². The van der Waals surface area contributed by atoms with Gasteiger partial charge in [-0.25, -0.2) is 4.98 Å². The zero-order chi connectivity index (χ0) is 12.1. The summed E-state index contributed by atoms with van der Waals surface area (Å²) < 4.78 is 0. The molecule has 3 N–H and O–H groups in total. The van der Waals surface area contributed by atoms with Crippen molar-refractivity contribution in [2.24, 2.45) is 5.92 Å². The maximum atomic E-state index is 5.63. The van der Waals surface area contributed by atoms with Gasteiger partial charge < -0.3 is 11.1 Å². The summed E-state index contributed by atoms with van der Waals surface area (Å²) in [6.07, 6.45) is 9.49. The van der Waals surface area contributed by atoms with Gasteiger partial charge in [-0.3, -0.25) is 0 Å². The van der Waals surface area contributed by atoms with E-state index in [0.717, 1.165) is 5.92 Å². The molecule has 1 fully saturated rings. The van der Waals surface area contributed by atoms with E-state index in [1.807, 2.05) is 0 Å². The average Bonchev–Trinajstić information content (AvgIpc) is 2.32. The number of aromatic nitrogens is 2. The minimum atomic E-state index is 0.518. The van der Waals surface area contributed by atoms with Crippen molar-refractivity contribution in [2.75, 3.05) is 11.1 Å². The highest BCUT2D eigenvalue weighted by Gasteiger charge is 2.20. The van der Waals surface area contributed by atoms with Crippen molar-refractivity contribution < 1.29 is 0 Å². The predicted molar refractivity (Wildman–Crippen MR) is 70.7 cm³/mol. The van der Waals surface area contributed by atoms with Gasteiger partial charge in [0, 0.05) is 12.2 Å². The lowest BCUT2D eigenvalue weighted by molar-refractivity contribution is 0.318. The molecule has 1 heterocycles. The van der Waals surface area contributed by atoms with E-state index in [9.17, 15) is 0 Å². The molecule has 0 radical (unpaired) electrons. The SMILES string of the molecule is CCCC1CCC(Nc2nccc(N)n2)CC1. The molecular weight excluding hydrogens is 212 g/mol. The number of nitrogen functional groups attached to an aromatic ring is 1. The minimum Gasteiger partial charge on any atom is -0.384 e. The van der Waals surface area contributed by atoms with Gasteiger partial charge in [-0.05, 0) is 37.7 Å². The Labute approximate surface area is 103 Å². The van der Waals surface area contributed by atoms with Crippen LogP contribution in [-0.2, 0) is 0 Å². The minimum absolute atomic E-state index is 0.518. The van der Waals surface area contributed by atoms with Gasteiger partial charge in [0.15, 0.2) is 0 Å². The molecule has 0 spiro atoms. The summed E-state index contributed by atoms with van der Waals surface area (Å²) >= 11 is 0. The topological polar surface area (TPSA) is 63.8 Å². The number of nitrogens with two attached hydrogens (primary N) is 1. The number of anilines is 2. The number of hydrogen-bond donors (Lipinski definition) is 2. The van der Waals surface area contributed by atoms with Crippen molar-refractivity contribution in [1.29, 1.82) is 0 Å². The van der Waals surface area contributed by atoms with Gasteiger partial charge in [-0.15, -0.1) is 0 Å². The van der Waals surface area contributed by atoms with E-state index in [1.165, 1.54) is 38.5 Å². The van der Waals surface area contributed by atoms with Crippen LogP contribution in [0.15, 0.2) is 12.3 Å². The quantitative estimate of drug-likeness (QED) is 0.840. The molecule has 1 aromatic heterocycles. The summed E-state index contributed by atoms with van der Waals surface area (Å²) in [6.45, 7) is 2.27. The van der Waals surface area contributed by atoms with Crippen LogP contribution in [-0.4, -0.2) is 16.0 Å². The van der Waals surface area contributed by atoms with Crippen molar-refractivity contribution in [3.05, 3.63) is 12.3 Å². The van der Waals surface area contributed by atoms with Crippen molar-refractivity contribution >= 4 is 11.8 Å². The summed E-state index contributed by atoms with van der Waals surface area (Å²) in [5, 5.41) is 3.38. The highest BCUT2D eigenvalue weighted by Crippen LogP contribution is 2.28. The van der Waals surface area contributed by atoms with Gasteiger partial charge in [0.1, 0.15) is 5.82 Å². The van der Waals surface area contributed by atoms with Crippen LogP contribution in [0.4, 0.5) is 11.8 Å². The van der Waals surface area contributed by atoms with E-state index in [-0.39, 0.29) is 0 Å². The molecule has 2 rings (SSSR count). The molecule has 1 aliphatic rings. The molecule has 1 aliphatic carbocycles. The lowest BCUT2D eigenvalue weighted by Gasteiger charge is -2.28. The van der Waals surface area contributed by atoms with E-state index in [2.05, 4.69) is 22.2 Å². The molecule has 0 aliphatic heterocycles. The molecule has 1 saturated carbocycles. The largest absolute Gasteiger partial charge is 0.384 e. The van der Waals surface area contributed by atoms with Crippen LogP contribution < -0.4 is 11.1 Å². The third-order valence-corrected chi connectivity index (χ3v) is 3.55. The van der Waals surface area contributed by atoms with Crippen LogP contribution in [0.5, 0.6) is 0 Å². The molecule has 0 bridgehead atoms. The van der Waals surface area contributed by atoms with Crippen LogP contribution in [0, 0.1) is 5.92 Å². The maximum Gasteiger partial charge on any atom is 0.224 e. The Kier molecular flexibility index (Phi) is 4.18. The Bertz CT molecular complexity index is 345. The molecule has 0 saturated heterocycles. The normalized spacial score (nSPS) is 24.5. The first kappa shape index (κ1) is 12.1. The van der Waals surface area contributed by atoms with Gasteiger partial charge in [0.05, 0.1) is 0 Å². The summed E-state index contributed by atoms with van der Waals surface area (Å²) in [5.74, 6) is 2.13. The fraction of sp³-hybridized carbons (Fsp3) is 0.692. The van der Waals surface area contributed by atoms with Crippen molar-refractivity contribution in [1.82, 2.24) is 9.97 Å². The van der Waals surface area contributed by atoms with Crippen LogP contribution in [0.1, 0.15) is 45.4 Å². The second-order valence-electron chi connectivity index (χ2n) is 4.96. The molecule has 4 heteroatoms. The number of nitrogens with zero attached hydrogens (tertiary/aromatic N) is 2. The highest BCUT2D eigenvalue weighted by molar-refractivity contribution is 5.35. The molecular formula is C13H22N4. The Morgan fingerprint density at radius 2 is 2.12 bits per heavy atom. The lowest BCUT2D eigenvalue weighted by atomic mass is 9.83. The summed E-state index contributed by atoms with van der Waals surface area (Å²) in [7, 11) is 0. The maximum absolute atomic E-state index is 5.63. The predicted octanol–water partition coefficient (Wildman–Crippen LogP) is 2.83. The number of rotatable bonds is 4. The average molecular weight is 234 g/mol. The smallest absolute Gasteiger partial charge is 0.224 e. The molecule has 0 unspecified atom stereocenters. The monoisotopic (exact) mass is 234 g/mol. The van der Waals surface area contributed by atoms with Crippen molar-refractivity contribution in [3.63, 3.8) is 0 Å². The second-order valence-corrected chi connectivity index (χ2v) is 4.96. The number of hydrogen-bond acceptors (Lipinski definition) is 4. The summed E-state index contributed by atoms with van der Waals surface area (Å²) in [5.41, 5.74) is 5.63.